The molecule has 0 aliphatic heterocycles. The Balaban J connectivity index is 2.16. The largest absolute Gasteiger partial charge is 0.398 e. The number of nitrogen functional groups attached to an aromatic ring is 1. The number of hydrogen-bond acceptors (Lipinski definition) is 3. The van der Waals surface area contributed by atoms with Crippen LogP contribution >= 0.6 is 0 Å². The van der Waals surface area contributed by atoms with Crippen LogP contribution in [0.25, 0.3) is 0 Å². The first kappa shape index (κ1) is 12.9. The van der Waals surface area contributed by atoms with Crippen LogP contribution in [0.2, 0.25) is 0 Å². The summed E-state index contributed by atoms with van der Waals surface area (Å²) in [5.41, 5.74) is 8.64. The van der Waals surface area contributed by atoms with Crippen molar-refractivity contribution in [1.82, 2.24) is 0 Å². The second-order valence-electron chi connectivity index (χ2n) is 4.37. The van der Waals surface area contributed by atoms with Crippen molar-refractivity contribution in [3.05, 3.63) is 59.4 Å². The van der Waals surface area contributed by atoms with Gasteiger partial charge in [-0.2, -0.15) is 5.26 Å². The molecule has 0 bridgehead atoms. The summed E-state index contributed by atoms with van der Waals surface area (Å²) < 4.78 is 12.8. The smallest absolute Gasteiger partial charge is 0.123 e. The normalized spacial score (nSPS) is 9.95. The van der Waals surface area contributed by atoms with E-state index in [4.69, 9.17) is 11.0 Å². The van der Waals surface area contributed by atoms with Gasteiger partial charge in [-0.1, -0.05) is 12.1 Å². The summed E-state index contributed by atoms with van der Waals surface area (Å²) >= 11 is 0. The Morgan fingerprint density at radius 1 is 1.21 bits per heavy atom. The Bertz CT molecular complexity index is 614. The molecule has 0 fully saturated rings. The number of rotatable bonds is 3. The molecule has 0 saturated heterocycles. The zero-order chi connectivity index (χ0) is 13.8. The number of nitrogens with zero attached hydrogens (tertiary/aromatic N) is 2. The Morgan fingerprint density at radius 2 is 1.89 bits per heavy atom. The molecule has 3 nitrogen and oxygen atoms in total. The lowest BCUT2D eigenvalue weighted by molar-refractivity contribution is 0.627. The van der Waals surface area contributed by atoms with E-state index >= 15 is 0 Å². The van der Waals surface area contributed by atoms with Crippen molar-refractivity contribution in [3.63, 3.8) is 0 Å². The van der Waals surface area contributed by atoms with Crippen molar-refractivity contribution in [3.8, 4) is 6.07 Å². The van der Waals surface area contributed by atoms with Gasteiger partial charge in [0.05, 0.1) is 11.3 Å². The van der Waals surface area contributed by atoms with Gasteiger partial charge in [0.2, 0.25) is 0 Å². The van der Waals surface area contributed by atoms with Crippen LogP contribution in [0.15, 0.2) is 42.5 Å². The first-order valence-electron chi connectivity index (χ1n) is 5.85. The summed E-state index contributed by atoms with van der Waals surface area (Å²) in [7, 11) is 1.92. The summed E-state index contributed by atoms with van der Waals surface area (Å²) in [4.78, 5) is 1.99. The van der Waals surface area contributed by atoms with E-state index in [2.05, 4.69) is 0 Å². The van der Waals surface area contributed by atoms with Crippen molar-refractivity contribution >= 4 is 11.4 Å². The van der Waals surface area contributed by atoms with E-state index in [1.807, 2.05) is 24.1 Å². The molecule has 0 spiro atoms. The van der Waals surface area contributed by atoms with E-state index in [1.165, 1.54) is 12.1 Å². The fourth-order valence-electron chi connectivity index (χ4n) is 1.84. The zero-order valence-corrected chi connectivity index (χ0v) is 10.6. The fraction of sp³-hybridized carbons (Fsp3) is 0.133. The van der Waals surface area contributed by atoms with Crippen LogP contribution in [-0.2, 0) is 6.54 Å². The minimum atomic E-state index is -0.242. The van der Waals surface area contributed by atoms with Crippen molar-refractivity contribution in [2.24, 2.45) is 0 Å². The summed E-state index contributed by atoms with van der Waals surface area (Å²) in [6.45, 7) is 0.644. The lowest BCUT2D eigenvalue weighted by Gasteiger charge is -2.20. The minimum Gasteiger partial charge on any atom is -0.398 e. The lowest BCUT2D eigenvalue weighted by Crippen LogP contribution is -2.16. The highest BCUT2D eigenvalue weighted by atomic mass is 19.1. The first-order valence-corrected chi connectivity index (χ1v) is 5.85. The van der Waals surface area contributed by atoms with Gasteiger partial charge in [0, 0.05) is 19.3 Å². The molecule has 4 heteroatoms. The standard InChI is InChI=1S/C15H14FN3/c1-19(10-11-2-5-13(16)6-3-11)14-7-4-12(9-17)15(18)8-14/h2-8H,10,18H2,1H3. The number of anilines is 2. The predicted octanol–water partition coefficient (Wildman–Crippen LogP) is 2.92. The van der Waals surface area contributed by atoms with Crippen molar-refractivity contribution < 1.29 is 4.39 Å². The molecule has 2 rings (SSSR count). The Labute approximate surface area is 111 Å². The van der Waals surface area contributed by atoms with E-state index in [0.717, 1.165) is 11.3 Å². The maximum absolute atomic E-state index is 12.8. The number of nitriles is 1. The molecule has 0 amide bonds. The van der Waals surface area contributed by atoms with Crippen molar-refractivity contribution in [2.75, 3.05) is 17.7 Å². The quantitative estimate of drug-likeness (QED) is 0.858. The van der Waals surface area contributed by atoms with Crippen LogP contribution in [0.3, 0.4) is 0 Å². The third-order valence-electron chi connectivity index (χ3n) is 2.93. The van der Waals surface area contributed by atoms with Gasteiger partial charge in [0.1, 0.15) is 11.9 Å². The van der Waals surface area contributed by atoms with Crippen LogP contribution in [0.4, 0.5) is 15.8 Å². The monoisotopic (exact) mass is 255 g/mol. The third-order valence-corrected chi connectivity index (χ3v) is 2.93. The van der Waals surface area contributed by atoms with E-state index < -0.39 is 0 Å². The second kappa shape index (κ2) is 5.40. The fourth-order valence-corrected chi connectivity index (χ4v) is 1.84. The molecule has 96 valence electrons. The van der Waals surface area contributed by atoms with Gasteiger partial charge in [0.25, 0.3) is 0 Å². The average Bonchev–Trinajstić information content (AvgIpc) is 2.41. The van der Waals surface area contributed by atoms with Crippen LogP contribution in [-0.4, -0.2) is 7.05 Å². The summed E-state index contributed by atoms with van der Waals surface area (Å²) in [6, 6.07) is 13.7. The zero-order valence-electron chi connectivity index (χ0n) is 10.6. The summed E-state index contributed by atoms with van der Waals surface area (Å²) in [6.07, 6.45) is 0. The number of nitrogens with two attached hydrogens (primary N) is 1. The van der Waals surface area contributed by atoms with Crippen LogP contribution in [0.1, 0.15) is 11.1 Å². The minimum absolute atomic E-state index is 0.242. The highest BCUT2D eigenvalue weighted by molar-refractivity contribution is 5.63. The molecule has 0 atom stereocenters. The van der Waals surface area contributed by atoms with Crippen LogP contribution < -0.4 is 10.6 Å². The highest BCUT2D eigenvalue weighted by Gasteiger charge is 2.05. The predicted molar refractivity (Wildman–Crippen MR) is 74.1 cm³/mol. The molecule has 0 unspecified atom stereocenters. The molecule has 0 aliphatic rings. The van der Waals surface area contributed by atoms with E-state index in [-0.39, 0.29) is 5.82 Å². The Hall–Kier alpha value is -2.54. The molecule has 19 heavy (non-hydrogen) atoms. The van der Waals surface area contributed by atoms with E-state index in [1.54, 1.807) is 24.3 Å². The summed E-state index contributed by atoms with van der Waals surface area (Å²) in [5.74, 6) is -0.242. The van der Waals surface area contributed by atoms with Gasteiger partial charge in [-0.25, -0.2) is 4.39 Å². The molecular weight excluding hydrogens is 241 g/mol. The van der Waals surface area contributed by atoms with Crippen LogP contribution in [0.5, 0.6) is 0 Å². The van der Waals surface area contributed by atoms with Gasteiger partial charge in [-0.05, 0) is 35.9 Å². The maximum atomic E-state index is 12.8. The molecule has 0 aromatic heterocycles. The van der Waals surface area contributed by atoms with Gasteiger partial charge < -0.3 is 10.6 Å². The second-order valence-corrected chi connectivity index (χ2v) is 4.37. The molecular formula is C15H14FN3. The molecule has 0 aliphatic carbocycles. The van der Waals surface area contributed by atoms with Crippen LogP contribution in [0, 0.1) is 17.1 Å². The topological polar surface area (TPSA) is 53.0 Å². The molecule has 0 radical (unpaired) electrons. The van der Waals surface area contributed by atoms with Crippen molar-refractivity contribution in [1.29, 1.82) is 5.26 Å². The Kier molecular flexibility index (Phi) is 3.67. The van der Waals surface area contributed by atoms with Gasteiger partial charge in [-0.15, -0.1) is 0 Å². The molecule has 0 heterocycles. The molecule has 2 N–H and O–H groups in total. The van der Waals surface area contributed by atoms with Gasteiger partial charge in [-0.3, -0.25) is 0 Å². The van der Waals surface area contributed by atoms with E-state index in [0.29, 0.717) is 17.8 Å². The summed E-state index contributed by atoms with van der Waals surface area (Å²) in [5, 5.41) is 8.83. The van der Waals surface area contributed by atoms with Gasteiger partial charge >= 0.3 is 0 Å². The Morgan fingerprint density at radius 3 is 2.47 bits per heavy atom. The molecule has 2 aromatic carbocycles. The SMILES string of the molecule is CN(Cc1ccc(F)cc1)c1ccc(C#N)c(N)c1. The highest BCUT2D eigenvalue weighted by Crippen LogP contribution is 2.21. The first-order chi connectivity index (χ1) is 9.10. The third kappa shape index (κ3) is 3.02. The van der Waals surface area contributed by atoms with Crippen molar-refractivity contribution in [2.45, 2.75) is 6.54 Å². The lowest BCUT2D eigenvalue weighted by atomic mass is 10.1. The number of hydrogen-bond donors (Lipinski definition) is 1. The maximum Gasteiger partial charge on any atom is 0.123 e. The average molecular weight is 255 g/mol. The van der Waals surface area contributed by atoms with E-state index in [9.17, 15) is 4.39 Å². The molecule has 0 saturated carbocycles. The van der Waals surface area contributed by atoms with Gasteiger partial charge in [0.15, 0.2) is 0 Å². The number of halogens is 1. The molecule has 2 aromatic rings. The number of benzene rings is 2.